The fourth-order valence-electron chi connectivity index (χ4n) is 3.34. The highest BCUT2D eigenvalue weighted by molar-refractivity contribution is 6.31. The van der Waals surface area contributed by atoms with Gasteiger partial charge < -0.3 is 5.32 Å². The van der Waals surface area contributed by atoms with E-state index >= 15 is 0 Å². The molecule has 0 aliphatic heterocycles. The average molecular weight is 446 g/mol. The van der Waals surface area contributed by atoms with E-state index in [9.17, 15) is 9.18 Å². The van der Waals surface area contributed by atoms with Crippen LogP contribution in [0.25, 0.3) is 11.6 Å². The largest absolute Gasteiger partial charge is 0.305 e. The summed E-state index contributed by atoms with van der Waals surface area (Å²) >= 11 is 6.15. The minimum atomic E-state index is -0.387. The zero-order chi connectivity index (χ0) is 22.5. The Morgan fingerprint density at radius 1 is 1.03 bits per heavy atom. The Bertz CT molecular complexity index is 1270. The molecule has 0 bridgehead atoms. The van der Waals surface area contributed by atoms with Crippen LogP contribution >= 0.6 is 11.6 Å². The van der Waals surface area contributed by atoms with Gasteiger partial charge in [-0.2, -0.15) is 5.10 Å². The van der Waals surface area contributed by atoms with E-state index in [1.807, 2.05) is 73.7 Å². The molecule has 0 fully saturated rings. The third-order valence-electron chi connectivity index (χ3n) is 5.00. The van der Waals surface area contributed by atoms with Crippen LogP contribution in [0.1, 0.15) is 22.4 Å². The van der Waals surface area contributed by atoms with E-state index in [-0.39, 0.29) is 11.7 Å². The second-order valence-corrected chi connectivity index (χ2v) is 7.76. The Morgan fingerprint density at radius 2 is 1.72 bits per heavy atom. The molecule has 0 radical (unpaired) electrons. The summed E-state index contributed by atoms with van der Waals surface area (Å²) in [6.07, 6.45) is 1.85. The van der Waals surface area contributed by atoms with Gasteiger partial charge in [0.1, 0.15) is 5.82 Å². The topological polar surface area (TPSA) is 46.9 Å². The van der Waals surface area contributed by atoms with E-state index < -0.39 is 0 Å². The zero-order valence-electron chi connectivity index (χ0n) is 17.4. The lowest BCUT2D eigenvalue weighted by molar-refractivity contribution is -0.111. The molecule has 32 heavy (non-hydrogen) atoms. The molecule has 4 nitrogen and oxygen atoms in total. The summed E-state index contributed by atoms with van der Waals surface area (Å²) < 4.78 is 15.0. The van der Waals surface area contributed by atoms with Crippen molar-refractivity contribution in [3.05, 3.63) is 118 Å². The van der Waals surface area contributed by atoms with Crippen LogP contribution in [0, 0.1) is 12.7 Å². The standard InChI is InChI=1S/C26H21ClFN3O/c1-18-14-25(30-31(18)17-21-12-13-22(28)16-24(21)27)29-26(32)23(20-10-6-3-7-11-20)15-19-8-4-2-5-9-19/h2-16H,17H2,1H3,(H,29,30,32)/b23-15-. The second kappa shape index (κ2) is 9.62. The van der Waals surface area contributed by atoms with Gasteiger partial charge in [0, 0.05) is 22.4 Å². The number of aryl methyl sites for hydroxylation is 1. The number of nitrogens with one attached hydrogen (secondary N) is 1. The van der Waals surface area contributed by atoms with Crippen LogP contribution in [0.5, 0.6) is 0 Å². The second-order valence-electron chi connectivity index (χ2n) is 7.35. The molecule has 160 valence electrons. The Balaban J connectivity index is 1.59. The number of anilines is 1. The van der Waals surface area contributed by atoms with Gasteiger partial charge in [-0.25, -0.2) is 4.39 Å². The summed E-state index contributed by atoms with van der Waals surface area (Å²) in [4.78, 5) is 13.2. The predicted molar refractivity (Wildman–Crippen MR) is 127 cm³/mol. The molecule has 0 saturated heterocycles. The zero-order valence-corrected chi connectivity index (χ0v) is 18.2. The van der Waals surface area contributed by atoms with Crippen molar-refractivity contribution in [2.24, 2.45) is 0 Å². The third-order valence-corrected chi connectivity index (χ3v) is 5.35. The van der Waals surface area contributed by atoms with Gasteiger partial charge in [-0.3, -0.25) is 9.48 Å². The summed E-state index contributed by atoms with van der Waals surface area (Å²) in [7, 11) is 0. The van der Waals surface area contributed by atoms with Gasteiger partial charge in [0.15, 0.2) is 5.82 Å². The number of benzene rings is 3. The van der Waals surface area contributed by atoms with Crippen LogP contribution in [0.4, 0.5) is 10.2 Å². The van der Waals surface area contributed by atoms with Crippen molar-refractivity contribution in [3.8, 4) is 0 Å². The lowest BCUT2D eigenvalue weighted by Gasteiger charge is -2.09. The molecule has 0 saturated carbocycles. The molecule has 4 aromatic rings. The molecule has 3 aromatic carbocycles. The fraction of sp³-hybridized carbons (Fsp3) is 0.0769. The normalized spacial score (nSPS) is 11.4. The molecule has 1 amide bonds. The van der Waals surface area contributed by atoms with E-state index in [2.05, 4.69) is 10.4 Å². The summed E-state index contributed by atoms with van der Waals surface area (Å²) in [5.74, 6) is -0.215. The van der Waals surface area contributed by atoms with Crippen LogP contribution in [-0.4, -0.2) is 15.7 Å². The third kappa shape index (κ3) is 5.13. The number of nitrogens with zero attached hydrogens (tertiary/aromatic N) is 2. The van der Waals surface area contributed by atoms with Crippen molar-refractivity contribution >= 4 is 35.0 Å². The summed E-state index contributed by atoms with van der Waals surface area (Å²) in [6, 6.07) is 25.2. The van der Waals surface area contributed by atoms with Crippen molar-refractivity contribution in [2.75, 3.05) is 5.32 Å². The van der Waals surface area contributed by atoms with Crippen LogP contribution in [0.2, 0.25) is 5.02 Å². The van der Waals surface area contributed by atoms with Gasteiger partial charge >= 0.3 is 0 Å². The number of carbonyl (C=O) groups excluding carboxylic acids is 1. The first-order chi connectivity index (χ1) is 15.5. The molecular weight excluding hydrogens is 425 g/mol. The Kier molecular flexibility index (Phi) is 6.47. The van der Waals surface area contributed by atoms with Gasteiger partial charge in [-0.05, 0) is 41.8 Å². The first-order valence-corrected chi connectivity index (χ1v) is 10.5. The van der Waals surface area contributed by atoms with Gasteiger partial charge in [0.25, 0.3) is 5.91 Å². The SMILES string of the molecule is Cc1cc(NC(=O)/C(=C\c2ccccc2)c2ccccc2)nn1Cc1ccc(F)cc1Cl. The molecule has 0 atom stereocenters. The predicted octanol–water partition coefficient (Wildman–Crippen LogP) is 6.21. The number of amides is 1. The van der Waals surface area contributed by atoms with E-state index in [0.29, 0.717) is 23.0 Å². The van der Waals surface area contributed by atoms with Crippen molar-refractivity contribution < 1.29 is 9.18 Å². The molecule has 0 aliphatic carbocycles. The maximum absolute atomic E-state index is 13.3. The summed E-state index contributed by atoms with van der Waals surface area (Å²) in [6.45, 7) is 2.25. The molecule has 6 heteroatoms. The van der Waals surface area contributed by atoms with Crippen LogP contribution in [0.15, 0.2) is 84.9 Å². The maximum atomic E-state index is 13.3. The smallest absolute Gasteiger partial charge is 0.257 e. The average Bonchev–Trinajstić information content (AvgIpc) is 3.13. The Hall–Kier alpha value is -3.70. The van der Waals surface area contributed by atoms with Gasteiger partial charge in [0.2, 0.25) is 0 Å². The quantitative estimate of drug-likeness (QED) is 0.283. The number of hydrogen-bond donors (Lipinski definition) is 1. The first-order valence-electron chi connectivity index (χ1n) is 10.1. The van der Waals surface area contributed by atoms with E-state index in [4.69, 9.17) is 11.6 Å². The number of hydrogen-bond acceptors (Lipinski definition) is 2. The Morgan fingerprint density at radius 3 is 2.41 bits per heavy atom. The number of aromatic nitrogens is 2. The minimum absolute atomic E-state index is 0.260. The van der Waals surface area contributed by atoms with Crippen molar-refractivity contribution in [2.45, 2.75) is 13.5 Å². The lowest BCUT2D eigenvalue weighted by Crippen LogP contribution is -2.14. The van der Waals surface area contributed by atoms with Gasteiger partial charge in [0.05, 0.1) is 6.54 Å². The molecule has 0 unspecified atom stereocenters. The Labute approximate surface area is 191 Å². The van der Waals surface area contributed by atoms with E-state index in [1.54, 1.807) is 16.8 Å². The minimum Gasteiger partial charge on any atom is -0.305 e. The number of halogens is 2. The summed E-state index contributed by atoms with van der Waals surface area (Å²) in [5, 5.41) is 7.73. The number of rotatable bonds is 6. The van der Waals surface area contributed by atoms with Crippen LogP contribution in [-0.2, 0) is 11.3 Å². The van der Waals surface area contributed by atoms with E-state index in [1.165, 1.54) is 12.1 Å². The fourth-order valence-corrected chi connectivity index (χ4v) is 3.57. The first kappa shape index (κ1) is 21.5. The van der Waals surface area contributed by atoms with Gasteiger partial charge in [-0.15, -0.1) is 0 Å². The highest BCUT2D eigenvalue weighted by atomic mass is 35.5. The molecule has 0 spiro atoms. The lowest BCUT2D eigenvalue weighted by atomic mass is 10.0. The van der Waals surface area contributed by atoms with Crippen LogP contribution in [0.3, 0.4) is 0 Å². The van der Waals surface area contributed by atoms with Crippen molar-refractivity contribution in [1.29, 1.82) is 0 Å². The molecule has 1 aromatic heterocycles. The highest BCUT2D eigenvalue weighted by Crippen LogP contribution is 2.22. The number of carbonyl (C=O) groups is 1. The molecule has 1 heterocycles. The van der Waals surface area contributed by atoms with Crippen LogP contribution < -0.4 is 5.32 Å². The summed E-state index contributed by atoms with van der Waals surface area (Å²) in [5.41, 5.74) is 3.85. The van der Waals surface area contributed by atoms with E-state index in [0.717, 1.165) is 22.4 Å². The van der Waals surface area contributed by atoms with Crippen molar-refractivity contribution in [1.82, 2.24) is 9.78 Å². The maximum Gasteiger partial charge on any atom is 0.257 e. The monoisotopic (exact) mass is 445 g/mol. The highest BCUT2D eigenvalue weighted by Gasteiger charge is 2.15. The molecule has 4 rings (SSSR count). The molecular formula is C26H21ClFN3O. The molecule has 1 N–H and O–H groups in total. The van der Waals surface area contributed by atoms with Gasteiger partial charge in [-0.1, -0.05) is 78.3 Å². The molecule has 0 aliphatic rings. The van der Waals surface area contributed by atoms with Crippen molar-refractivity contribution in [3.63, 3.8) is 0 Å².